The summed E-state index contributed by atoms with van der Waals surface area (Å²) in [6, 6.07) is 18.3. The van der Waals surface area contributed by atoms with E-state index >= 15 is 0 Å². The van der Waals surface area contributed by atoms with E-state index in [2.05, 4.69) is 30.3 Å². The van der Waals surface area contributed by atoms with Gasteiger partial charge in [0.25, 0.3) is 0 Å². The SMILES string of the molecule is CCc1cc(=O)oc2cc(C)c3c(-c4ccc5ccccc5c4)coc3c12. The monoisotopic (exact) mass is 354 g/mol. The second kappa shape index (κ2) is 5.85. The third-order valence-electron chi connectivity index (χ3n) is 5.27. The summed E-state index contributed by atoms with van der Waals surface area (Å²) in [7, 11) is 0. The molecule has 0 spiro atoms. The summed E-state index contributed by atoms with van der Waals surface area (Å²) in [5.41, 5.74) is 5.21. The third-order valence-corrected chi connectivity index (χ3v) is 5.27. The average Bonchev–Trinajstić information content (AvgIpc) is 3.12. The van der Waals surface area contributed by atoms with Crippen LogP contribution in [0, 0.1) is 6.92 Å². The van der Waals surface area contributed by atoms with E-state index in [1.807, 2.05) is 38.3 Å². The summed E-state index contributed by atoms with van der Waals surface area (Å²) in [6.07, 6.45) is 2.55. The van der Waals surface area contributed by atoms with Crippen LogP contribution in [0.4, 0.5) is 0 Å². The van der Waals surface area contributed by atoms with E-state index in [9.17, 15) is 4.79 Å². The van der Waals surface area contributed by atoms with Crippen molar-refractivity contribution in [2.45, 2.75) is 20.3 Å². The van der Waals surface area contributed by atoms with E-state index in [0.717, 1.165) is 45.0 Å². The number of fused-ring (bicyclic) bond motifs is 4. The number of hydrogen-bond donors (Lipinski definition) is 0. The van der Waals surface area contributed by atoms with Gasteiger partial charge in [-0.05, 0) is 52.9 Å². The van der Waals surface area contributed by atoms with Crippen LogP contribution < -0.4 is 5.63 Å². The minimum atomic E-state index is -0.320. The predicted molar refractivity (Wildman–Crippen MR) is 109 cm³/mol. The Morgan fingerprint density at radius 2 is 1.74 bits per heavy atom. The highest BCUT2D eigenvalue weighted by Gasteiger charge is 2.18. The van der Waals surface area contributed by atoms with Crippen LogP contribution in [0.2, 0.25) is 0 Å². The first-order chi connectivity index (χ1) is 13.2. The second-order valence-electron chi connectivity index (χ2n) is 6.93. The fourth-order valence-electron chi connectivity index (χ4n) is 3.97. The van der Waals surface area contributed by atoms with Crippen molar-refractivity contribution in [2.24, 2.45) is 0 Å². The zero-order chi connectivity index (χ0) is 18.5. The minimum Gasteiger partial charge on any atom is -0.463 e. The summed E-state index contributed by atoms with van der Waals surface area (Å²) in [4.78, 5) is 11.9. The van der Waals surface area contributed by atoms with Crippen LogP contribution in [0.1, 0.15) is 18.1 Å². The molecule has 0 atom stereocenters. The molecule has 3 nitrogen and oxygen atoms in total. The topological polar surface area (TPSA) is 43.4 Å². The van der Waals surface area contributed by atoms with E-state index in [1.54, 1.807) is 6.07 Å². The average molecular weight is 354 g/mol. The van der Waals surface area contributed by atoms with Gasteiger partial charge in [0.05, 0.1) is 11.6 Å². The van der Waals surface area contributed by atoms with Gasteiger partial charge in [0.1, 0.15) is 11.2 Å². The predicted octanol–water partition coefficient (Wildman–Crippen LogP) is 6.23. The normalized spacial score (nSPS) is 11.6. The summed E-state index contributed by atoms with van der Waals surface area (Å²) >= 11 is 0. The smallest absolute Gasteiger partial charge is 0.336 e. The maximum atomic E-state index is 11.9. The molecule has 2 heterocycles. The van der Waals surface area contributed by atoms with Crippen LogP contribution in [0.3, 0.4) is 0 Å². The van der Waals surface area contributed by atoms with Crippen LogP contribution in [0.15, 0.2) is 74.5 Å². The van der Waals surface area contributed by atoms with Crippen molar-refractivity contribution in [2.75, 3.05) is 0 Å². The number of furan rings is 1. The van der Waals surface area contributed by atoms with Crippen LogP contribution in [-0.4, -0.2) is 0 Å². The molecule has 0 aliphatic carbocycles. The van der Waals surface area contributed by atoms with Gasteiger partial charge in [0.2, 0.25) is 0 Å². The summed E-state index contributed by atoms with van der Waals surface area (Å²) in [6.45, 7) is 4.06. The fourth-order valence-corrected chi connectivity index (χ4v) is 3.97. The molecular weight excluding hydrogens is 336 g/mol. The minimum absolute atomic E-state index is 0.320. The molecule has 0 amide bonds. The molecule has 0 fully saturated rings. The largest absolute Gasteiger partial charge is 0.463 e. The second-order valence-corrected chi connectivity index (χ2v) is 6.93. The number of rotatable bonds is 2. The Bertz CT molecular complexity index is 1390. The first kappa shape index (κ1) is 15.9. The highest BCUT2D eigenvalue weighted by molar-refractivity contribution is 6.11. The molecule has 5 rings (SSSR count). The maximum Gasteiger partial charge on any atom is 0.336 e. The van der Waals surface area contributed by atoms with Gasteiger partial charge in [-0.3, -0.25) is 0 Å². The van der Waals surface area contributed by atoms with E-state index in [0.29, 0.717) is 5.58 Å². The molecule has 5 aromatic rings. The van der Waals surface area contributed by atoms with Gasteiger partial charge >= 0.3 is 5.63 Å². The van der Waals surface area contributed by atoms with Gasteiger partial charge in [-0.2, -0.15) is 0 Å². The Kier molecular flexibility index (Phi) is 3.44. The first-order valence-corrected chi connectivity index (χ1v) is 9.12. The molecular formula is C24H18O3. The van der Waals surface area contributed by atoms with Crippen molar-refractivity contribution in [3.05, 3.63) is 82.4 Å². The van der Waals surface area contributed by atoms with E-state index < -0.39 is 0 Å². The molecule has 0 aliphatic heterocycles. The number of benzene rings is 3. The quantitative estimate of drug-likeness (QED) is 0.353. The molecule has 0 N–H and O–H groups in total. The van der Waals surface area contributed by atoms with Crippen molar-refractivity contribution in [3.8, 4) is 11.1 Å². The molecule has 27 heavy (non-hydrogen) atoms. The van der Waals surface area contributed by atoms with Crippen LogP contribution in [0.5, 0.6) is 0 Å². The van der Waals surface area contributed by atoms with Gasteiger partial charge in [0.15, 0.2) is 0 Å². The third kappa shape index (κ3) is 2.39. The molecule has 2 aromatic heterocycles. The van der Waals surface area contributed by atoms with Crippen LogP contribution >= 0.6 is 0 Å². The number of hydrogen-bond acceptors (Lipinski definition) is 3. The lowest BCUT2D eigenvalue weighted by molar-refractivity contribution is 0.557. The van der Waals surface area contributed by atoms with Gasteiger partial charge in [-0.15, -0.1) is 0 Å². The zero-order valence-corrected chi connectivity index (χ0v) is 15.2. The van der Waals surface area contributed by atoms with Gasteiger partial charge in [-0.25, -0.2) is 4.79 Å². The van der Waals surface area contributed by atoms with E-state index in [1.165, 1.54) is 10.8 Å². The van der Waals surface area contributed by atoms with Crippen molar-refractivity contribution in [1.29, 1.82) is 0 Å². The van der Waals surface area contributed by atoms with E-state index in [-0.39, 0.29) is 5.63 Å². The highest BCUT2D eigenvalue weighted by atomic mass is 16.4. The molecule has 3 aromatic carbocycles. The zero-order valence-electron chi connectivity index (χ0n) is 15.2. The van der Waals surface area contributed by atoms with Crippen LogP contribution in [0.25, 0.3) is 43.8 Å². The molecule has 0 aliphatic rings. The summed E-state index contributed by atoms with van der Waals surface area (Å²) in [5, 5.41) is 4.38. The first-order valence-electron chi connectivity index (χ1n) is 9.12. The lowest BCUT2D eigenvalue weighted by Gasteiger charge is -2.07. The summed E-state index contributed by atoms with van der Waals surface area (Å²) in [5.74, 6) is 0. The lowest BCUT2D eigenvalue weighted by Crippen LogP contribution is -2.00. The van der Waals surface area contributed by atoms with Crippen LogP contribution in [-0.2, 0) is 6.42 Å². The van der Waals surface area contributed by atoms with Gasteiger partial charge in [0, 0.05) is 17.0 Å². The van der Waals surface area contributed by atoms with Gasteiger partial charge in [-0.1, -0.05) is 43.3 Å². The Labute approximate surface area is 155 Å². The molecule has 0 bridgehead atoms. The Morgan fingerprint density at radius 3 is 2.56 bits per heavy atom. The maximum absolute atomic E-state index is 11.9. The van der Waals surface area contributed by atoms with E-state index in [4.69, 9.17) is 8.83 Å². The molecule has 0 saturated carbocycles. The van der Waals surface area contributed by atoms with Crippen molar-refractivity contribution in [3.63, 3.8) is 0 Å². The Balaban J connectivity index is 1.86. The molecule has 0 radical (unpaired) electrons. The molecule has 0 saturated heterocycles. The Morgan fingerprint density at radius 1 is 0.926 bits per heavy atom. The molecule has 132 valence electrons. The highest BCUT2D eigenvalue weighted by Crippen LogP contribution is 2.39. The Hall–Kier alpha value is -3.33. The number of aryl methyl sites for hydroxylation is 2. The lowest BCUT2D eigenvalue weighted by atomic mass is 9.96. The standard InChI is InChI=1S/C24H18O3/c1-3-15-12-21(25)27-20-10-14(2)22-19(13-26-24(22)23(15)20)18-9-8-16-6-4-5-7-17(16)11-18/h4-13H,3H2,1-2H3. The van der Waals surface area contributed by atoms with Gasteiger partial charge < -0.3 is 8.83 Å². The molecule has 3 heteroatoms. The molecule has 0 unspecified atom stereocenters. The van der Waals surface area contributed by atoms with Crippen molar-refractivity contribution >= 4 is 32.7 Å². The fraction of sp³-hybridized carbons (Fsp3) is 0.125. The van der Waals surface area contributed by atoms with Crippen molar-refractivity contribution < 1.29 is 8.83 Å². The van der Waals surface area contributed by atoms with Crippen molar-refractivity contribution in [1.82, 2.24) is 0 Å². The summed E-state index contributed by atoms with van der Waals surface area (Å²) < 4.78 is 11.5.